The third-order valence-electron chi connectivity index (χ3n) is 13.1. The van der Waals surface area contributed by atoms with E-state index in [0.717, 1.165) is 90.4 Å². The molecule has 410 valence electrons. The number of unbranched alkanes of at least 4 members (excludes halogenated alkanes) is 12. The first kappa shape index (κ1) is 62.1. The van der Waals surface area contributed by atoms with Crippen molar-refractivity contribution < 1.29 is 103 Å². The molecule has 0 saturated carbocycles. The Labute approximate surface area is 413 Å². The van der Waals surface area contributed by atoms with E-state index in [2.05, 4.69) is 6.92 Å². The predicted molar refractivity (Wildman–Crippen MR) is 248 cm³/mol. The minimum atomic E-state index is -1.92. The molecular weight excluding hydrogens is 925 g/mol. The minimum Gasteiger partial charge on any atom is -0.479 e. The highest BCUT2D eigenvalue weighted by Gasteiger charge is 2.52. The Bertz CT molecular complexity index is 1440. The highest BCUT2D eigenvalue weighted by Crippen LogP contribution is 2.33. The molecule has 70 heavy (non-hydrogen) atoms. The zero-order valence-electron chi connectivity index (χ0n) is 41.8. The van der Waals surface area contributed by atoms with Gasteiger partial charge in [-0.15, -0.1) is 0 Å². The zero-order chi connectivity index (χ0) is 51.8. The maximum atomic E-state index is 12.4. The number of hydrogen-bond donors (Lipinski definition) is 10. The number of carbonyl (C=O) groups excluding carboxylic acids is 2. The number of carboxylic acid groups (broad SMARTS) is 1. The normalized spacial score (nSPS) is 31.2. The standard InChI is InChI=1S/C49H88O21/c1-5-6-16-20-31(21-19-24-33(52)32(51)22-17-14-12-10-8-7-9-11-13-15-18-23-34(53)46(61)62)67-48-44(39(57)35(54)26-64-48)70-49-45(40(58)36(55)27-65-49)69-47-42(60)41(59)43(66-30(4)50)37(68-47)28-63-38(56)25-29(2)3/h29,31-37,39-45,47-49,51-55,57-60H,5-28H2,1-4H3,(H,61,62)/t31?,32?,33?,34?,35-,36-,37-,39+,40+,41-,42-,43-,44-,45-,47+,48+,49+/m1/s1. The van der Waals surface area contributed by atoms with Gasteiger partial charge in [0.05, 0.1) is 31.5 Å². The van der Waals surface area contributed by atoms with Gasteiger partial charge in [0.15, 0.2) is 31.1 Å². The first-order valence-corrected chi connectivity index (χ1v) is 25.9. The Kier molecular flexibility index (Phi) is 29.8. The molecular formula is C49H88O21. The summed E-state index contributed by atoms with van der Waals surface area (Å²) in [4.78, 5) is 35.0. The third-order valence-corrected chi connectivity index (χ3v) is 13.1. The Hall–Kier alpha value is -2.19. The van der Waals surface area contributed by atoms with E-state index >= 15 is 0 Å². The SMILES string of the molecule is CCCCCC(CCCC(O)C(O)CCCCCCCCCCCCCC(O)C(=O)O)O[C@@H]1OC[C@@H](O)[C@H](O)[C@H]1O[C@@H]1OC[C@@H](O)[C@H](O)[C@H]1O[C@@H]1O[C@H](COC(=O)CC(C)C)[C@@H](OC(C)=O)[C@H](O)[C@H]1O. The van der Waals surface area contributed by atoms with Crippen molar-refractivity contribution in [3.8, 4) is 0 Å². The van der Waals surface area contributed by atoms with Gasteiger partial charge in [-0.1, -0.05) is 111 Å². The molecule has 0 aromatic carbocycles. The summed E-state index contributed by atoms with van der Waals surface area (Å²) in [6.07, 6.45) is -8.13. The fourth-order valence-corrected chi connectivity index (χ4v) is 8.86. The average Bonchev–Trinajstić information content (AvgIpc) is 3.30. The maximum absolute atomic E-state index is 12.4. The number of aliphatic carboxylic acids is 1. The lowest BCUT2D eigenvalue weighted by atomic mass is 9.98. The molecule has 4 unspecified atom stereocenters. The van der Waals surface area contributed by atoms with E-state index in [0.29, 0.717) is 44.9 Å². The van der Waals surface area contributed by atoms with Crippen LogP contribution in [0.1, 0.15) is 163 Å². The van der Waals surface area contributed by atoms with Gasteiger partial charge in [0.1, 0.15) is 61.5 Å². The molecule has 10 N–H and O–H groups in total. The Morgan fingerprint density at radius 1 is 0.586 bits per heavy atom. The first-order valence-electron chi connectivity index (χ1n) is 25.9. The number of aliphatic hydroxyl groups excluding tert-OH is 9. The highest BCUT2D eigenvalue weighted by atomic mass is 16.8. The summed E-state index contributed by atoms with van der Waals surface area (Å²) < 4.78 is 46.6. The molecule has 0 radical (unpaired) electrons. The molecule has 0 amide bonds. The highest BCUT2D eigenvalue weighted by molar-refractivity contribution is 5.71. The second-order valence-corrected chi connectivity index (χ2v) is 19.7. The fraction of sp³-hybridized carbons (Fsp3) is 0.939. The van der Waals surface area contributed by atoms with Gasteiger partial charge in [0.25, 0.3) is 0 Å². The van der Waals surface area contributed by atoms with Gasteiger partial charge in [0.2, 0.25) is 0 Å². The van der Waals surface area contributed by atoms with Crippen molar-refractivity contribution in [1.29, 1.82) is 0 Å². The molecule has 21 nitrogen and oxygen atoms in total. The van der Waals surface area contributed by atoms with Crippen LogP contribution in [0.4, 0.5) is 0 Å². The van der Waals surface area contributed by atoms with Crippen molar-refractivity contribution in [3.05, 3.63) is 0 Å². The van der Waals surface area contributed by atoms with Crippen LogP contribution in [0.2, 0.25) is 0 Å². The van der Waals surface area contributed by atoms with Crippen LogP contribution in [0, 0.1) is 5.92 Å². The lowest BCUT2D eigenvalue weighted by Gasteiger charge is -2.46. The number of esters is 2. The van der Waals surface area contributed by atoms with Gasteiger partial charge in [-0.05, 0) is 44.4 Å². The fourth-order valence-electron chi connectivity index (χ4n) is 8.86. The monoisotopic (exact) mass is 1010 g/mol. The van der Waals surface area contributed by atoms with Crippen LogP contribution in [0.15, 0.2) is 0 Å². The van der Waals surface area contributed by atoms with Gasteiger partial charge in [0, 0.05) is 13.3 Å². The second kappa shape index (κ2) is 33.6. The van der Waals surface area contributed by atoms with Gasteiger partial charge < -0.3 is 89.0 Å². The van der Waals surface area contributed by atoms with Gasteiger partial charge >= 0.3 is 17.9 Å². The van der Waals surface area contributed by atoms with E-state index in [-0.39, 0.29) is 18.9 Å². The third kappa shape index (κ3) is 22.1. The van der Waals surface area contributed by atoms with Crippen LogP contribution in [0.5, 0.6) is 0 Å². The summed E-state index contributed by atoms with van der Waals surface area (Å²) >= 11 is 0. The molecule has 0 bridgehead atoms. The van der Waals surface area contributed by atoms with Gasteiger partial charge in [-0.3, -0.25) is 9.59 Å². The van der Waals surface area contributed by atoms with Crippen molar-refractivity contribution in [2.24, 2.45) is 5.92 Å². The van der Waals surface area contributed by atoms with Crippen molar-refractivity contribution in [3.63, 3.8) is 0 Å². The Morgan fingerprint density at radius 3 is 1.61 bits per heavy atom. The van der Waals surface area contributed by atoms with Gasteiger partial charge in [-0.2, -0.15) is 0 Å². The lowest BCUT2D eigenvalue weighted by Crippen LogP contribution is -2.65. The maximum Gasteiger partial charge on any atom is 0.332 e. The molecule has 3 aliphatic rings. The largest absolute Gasteiger partial charge is 0.479 e. The summed E-state index contributed by atoms with van der Waals surface area (Å²) in [6, 6.07) is 0. The number of rotatable bonds is 35. The van der Waals surface area contributed by atoms with E-state index < -0.39 is 135 Å². The average molecular weight is 1010 g/mol. The summed E-state index contributed by atoms with van der Waals surface area (Å²) in [5.41, 5.74) is 0. The summed E-state index contributed by atoms with van der Waals surface area (Å²) in [7, 11) is 0. The molecule has 3 fully saturated rings. The number of carboxylic acids is 1. The second-order valence-electron chi connectivity index (χ2n) is 19.7. The molecule has 0 spiro atoms. The summed E-state index contributed by atoms with van der Waals surface area (Å²) in [6.45, 7) is 5.45. The quantitative estimate of drug-likeness (QED) is 0.0321. The van der Waals surface area contributed by atoms with Gasteiger partial charge in [-0.25, -0.2) is 4.79 Å². The summed E-state index contributed by atoms with van der Waals surface area (Å²) in [5, 5.41) is 106. The zero-order valence-corrected chi connectivity index (χ0v) is 41.8. The lowest BCUT2D eigenvalue weighted by molar-refractivity contribution is -0.380. The molecule has 0 aromatic heterocycles. The topological polar surface area (TPSA) is 327 Å². The molecule has 17 atom stereocenters. The van der Waals surface area contributed by atoms with Crippen LogP contribution in [0.25, 0.3) is 0 Å². The van der Waals surface area contributed by atoms with Crippen molar-refractivity contribution in [2.45, 2.75) is 267 Å². The first-order chi connectivity index (χ1) is 33.3. The van der Waals surface area contributed by atoms with E-state index in [4.69, 9.17) is 43.0 Å². The van der Waals surface area contributed by atoms with Crippen molar-refractivity contribution >= 4 is 17.9 Å². The predicted octanol–water partition coefficient (Wildman–Crippen LogP) is 2.26. The van der Waals surface area contributed by atoms with E-state index in [1.54, 1.807) is 13.8 Å². The Morgan fingerprint density at radius 2 is 1.07 bits per heavy atom. The molecule has 3 rings (SSSR count). The van der Waals surface area contributed by atoms with Crippen LogP contribution >= 0.6 is 0 Å². The summed E-state index contributed by atoms with van der Waals surface area (Å²) in [5.74, 6) is -2.63. The van der Waals surface area contributed by atoms with E-state index in [1.165, 1.54) is 0 Å². The Balaban J connectivity index is 1.56. The van der Waals surface area contributed by atoms with Crippen LogP contribution < -0.4 is 0 Å². The molecule has 3 aliphatic heterocycles. The number of hydrogen-bond acceptors (Lipinski definition) is 20. The van der Waals surface area contributed by atoms with Crippen LogP contribution in [-0.4, -0.2) is 193 Å². The van der Waals surface area contributed by atoms with E-state index in [9.17, 15) is 60.3 Å². The van der Waals surface area contributed by atoms with Crippen LogP contribution in [-0.2, 0) is 52.3 Å². The number of ether oxygens (including phenoxy) is 8. The molecule has 3 heterocycles. The van der Waals surface area contributed by atoms with E-state index in [1.807, 2.05) is 0 Å². The number of aliphatic hydroxyl groups is 9. The van der Waals surface area contributed by atoms with Crippen molar-refractivity contribution in [2.75, 3.05) is 19.8 Å². The van der Waals surface area contributed by atoms with Crippen LogP contribution in [0.3, 0.4) is 0 Å². The molecule has 0 aliphatic carbocycles. The smallest absolute Gasteiger partial charge is 0.332 e. The molecule has 21 heteroatoms. The molecule has 0 aromatic rings. The molecule has 3 saturated heterocycles. The minimum absolute atomic E-state index is 0.0411. The number of carbonyl (C=O) groups is 3. The van der Waals surface area contributed by atoms with Crippen molar-refractivity contribution in [1.82, 2.24) is 0 Å².